The summed E-state index contributed by atoms with van der Waals surface area (Å²) in [6.07, 6.45) is 2.72. The number of nitrogens with zero attached hydrogens (tertiary/aromatic N) is 3. The molecule has 1 aromatic carbocycles. The highest BCUT2D eigenvalue weighted by atomic mass is 19.1. The minimum Gasteiger partial charge on any atom is -0.482 e. The Balaban J connectivity index is 1.63. The molecule has 1 aliphatic rings. The lowest BCUT2D eigenvalue weighted by Crippen LogP contribution is -2.61. The van der Waals surface area contributed by atoms with Gasteiger partial charge in [-0.2, -0.15) is 4.98 Å². The lowest BCUT2D eigenvalue weighted by molar-refractivity contribution is -0.149. The molecule has 0 atom stereocenters. The molecule has 0 saturated carbocycles. The number of halogens is 1. The summed E-state index contributed by atoms with van der Waals surface area (Å²) in [4.78, 5) is 22.4. The molecule has 0 unspecified atom stereocenters. The van der Waals surface area contributed by atoms with Crippen molar-refractivity contribution in [3.05, 3.63) is 36.3 Å². The Bertz CT molecular complexity index is 977. The number of hydrogen-bond acceptors (Lipinski definition) is 8. The van der Waals surface area contributed by atoms with E-state index >= 15 is 0 Å². The minimum atomic E-state index is -0.489. The zero-order valence-corrected chi connectivity index (χ0v) is 21.1. The third kappa shape index (κ3) is 6.56. The van der Waals surface area contributed by atoms with Crippen LogP contribution in [0.2, 0.25) is 0 Å². The molecular formula is C25H36FN5O3. The molecule has 3 rings (SSSR count). The van der Waals surface area contributed by atoms with Gasteiger partial charge in [-0.3, -0.25) is 4.90 Å². The number of carbonyl (C=O) groups is 1. The molecule has 1 aliphatic heterocycles. The molecule has 0 spiro atoms. The largest absolute Gasteiger partial charge is 0.482 e. The van der Waals surface area contributed by atoms with E-state index in [0.717, 1.165) is 12.8 Å². The van der Waals surface area contributed by atoms with Gasteiger partial charge in [-0.1, -0.05) is 0 Å². The number of rotatable bonds is 8. The van der Waals surface area contributed by atoms with Gasteiger partial charge in [0.15, 0.2) is 18.2 Å². The number of ether oxygens (including phenoxy) is 2. The van der Waals surface area contributed by atoms with Gasteiger partial charge in [-0.05, 0) is 85.7 Å². The van der Waals surface area contributed by atoms with Crippen molar-refractivity contribution in [3.8, 4) is 5.75 Å². The average Bonchev–Trinajstić information content (AvgIpc) is 2.73. The Morgan fingerprint density at radius 1 is 1.18 bits per heavy atom. The number of hydrogen-bond donors (Lipinski definition) is 2. The van der Waals surface area contributed by atoms with E-state index in [1.54, 1.807) is 38.1 Å². The standard InChI is InChI=1S/C25H36FN5O3/c1-16(2)34-21(32)15-33-19-10-8-17(9-11-19)29-23-27-14-20(26)22(30-23)28-18-12-24(3,4)31(7)25(5,6)13-18/h8-11,14,16,18H,12-13,15H2,1-7H3,(H2,27,28,29,30). The molecule has 2 aromatic rings. The molecule has 186 valence electrons. The van der Waals surface area contributed by atoms with Crippen LogP contribution in [0.4, 0.5) is 21.8 Å². The molecule has 34 heavy (non-hydrogen) atoms. The SMILES string of the molecule is CC(C)OC(=O)COc1ccc(Nc2ncc(F)c(NC3CC(C)(C)N(C)C(C)(C)C3)n2)cc1. The first-order valence-electron chi connectivity index (χ1n) is 11.6. The van der Waals surface area contributed by atoms with Crippen LogP contribution in [0.5, 0.6) is 5.75 Å². The van der Waals surface area contributed by atoms with E-state index < -0.39 is 11.8 Å². The summed E-state index contributed by atoms with van der Waals surface area (Å²) in [5, 5.41) is 6.38. The maximum absolute atomic E-state index is 14.5. The highest BCUT2D eigenvalue weighted by Gasteiger charge is 2.43. The first kappa shape index (κ1) is 25.7. The predicted octanol–water partition coefficient (Wildman–Crippen LogP) is 4.75. The van der Waals surface area contributed by atoms with Crippen LogP contribution in [-0.2, 0) is 9.53 Å². The number of esters is 1. The molecule has 2 N–H and O–H groups in total. The number of piperidine rings is 1. The molecule has 0 amide bonds. The van der Waals surface area contributed by atoms with Crippen molar-refractivity contribution in [3.63, 3.8) is 0 Å². The van der Waals surface area contributed by atoms with Crippen LogP contribution < -0.4 is 15.4 Å². The number of nitrogens with one attached hydrogen (secondary N) is 2. The van der Waals surface area contributed by atoms with Gasteiger partial charge in [0, 0.05) is 22.8 Å². The third-order valence-electron chi connectivity index (χ3n) is 6.23. The van der Waals surface area contributed by atoms with Crippen LogP contribution >= 0.6 is 0 Å². The Labute approximate surface area is 201 Å². The average molecular weight is 474 g/mol. The molecule has 1 fully saturated rings. The van der Waals surface area contributed by atoms with Gasteiger partial charge in [0.2, 0.25) is 5.95 Å². The second kappa shape index (κ2) is 10.1. The zero-order valence-electron chi connectivity index (χ0n) is 21.1. The van der Waals surface area contributed by atoms with Gasteiger partial charge in [0.05, 0.1) is 12.3 Å². The monoisotopic (exact) mass is 473 g/mol. The van der Waals surface area contributed by atoms with Crippen LogP contribution in [0.1, 0.15) is 54.4 Å². The second-order valence-corrected chi connectivity index (χ2v) is 10.3. The first-order valence-corrected chi connectivity index (χ1v) is 11.6. The van der Waals surface area contributed by atoms with Crippen molar-refractivity contribution >= 4 is 23.4 Å². The van der Waals surface area contributed by atoms with Gasteiger partial charge < -0.3 is 20.1 Å². The van der Waals surface area contributed by atoms with E-state index in [1.807, 2.05) is 0 Å². The van der Waals surface area contributed by atoms with E-state index in [4.69, 9.17) is 9.47 Å². The minimum absolute atomic E-state index is 0.0284. The quantitative estimate of drug-likeness (QED) is 0.531. The molecule has 1 aromatic heterocycles. The Hall–Kier alpha value is -2.94. The molecule has 9 heteroatoms. The molecule has 2 heterocycles. The maximum atomic E-state index is 14.5. The van der Waals surface area contributed by atoms with Crippen molar-refractivity contribution in [1.82, 2.24) is 14.9 Å². The van der Waals surface area contributed by atoms with Crippen LogP contribution in [0, 0.1) is 5.82 Å². The normalized spacial score (nSPS) is 17.9. The van der Waals surface area contributed by atoms with Crippen LogP contribution in [0.25, 0.3) is 0 Å². The highest BCUT2D eigenvalue weighted by Crippen LogP contribution is 2.38. The topological polar surface area (TPSA) is 88.6 Å². The number of anilines is 3. The summed E-state index contributed by atoms with van der Waals surface area (Å²) in [6, 6.07) is 7.06. The van der Waals surface area contributed by atoms with Gasteiger partial charge >= 0.3 is 5.97 Å². The number of carbonyl (C=O) groups excluding carboxylic acids is 1. The van der Waals surface area contributed by atoms with Gasteiger partial charge in [0.25, 0.3) is 0 Å². The lowest BCUT2D eigenvalue weighted by Gasteiger charge is -2.53. The zero-order chi connectivity index (χ0) is 25.1. The van der Waals surface area contributed by atoms with Gasteiger partial charge in [-0.15, -0.1) is 0 Å². The van der Waals surface area contributed by atoms with E-state index in [9.17, 15) is 9.18 Å². The van der Waals surface area contributed by atoms with Crippen molar-refractivity contribution in [2.75, 3.05) is 24.3 Å². The van der Waals surface area contributed by atoms with Crippen molar-refractivity contribution < 1.29 is 18.7 Å². The first-order chi connectivity index (χ1) is 15.9. The summed E-state index contributed by atoms with van der Waals surface area (Å²) >= 11 is 0. The van der Waals surface area contributed by atoms with Crippen molar-refractivity contribution in [2.24, 2.45) is 0 Å². The summed E-state index contributed by atoms with van der Waals surface area (Å²) in [6.45, 7) is 12.2. The molecule has 0 bridgehead atoms. The summed E-state index contributed by atoms with van der Waals surface area (Å²) in [5.41, 5.74) is 0.648. The number of benzene rings is 1. The predicted molar refractivity (Wildman–Crippen MR) is 131 cm³/mol. The highest BCUT2D eigenvalue weighted by molar-refractivity contribution is 5.71. The van der Waals surface area contributed by atoms with E-state index in [1.165, 1.54) is 6.20 Å². The molecule has 0 aliphatic carbocycles. The van der Waals surface area contributed by atoms with Gasteiger partial charge in [0.1, 0.15) is 5.75 Å². The van der Waals surface area contributed by atoms with Gasteiger partial charge in [-0.25, -0.2) is 14.2 Å². The van der Waals surface area contributed by atoms with E-state index in [-0.39, 0.29) is 41.6 Å². The number of aromatic nitrogens is 2. The molecule has 0 radical (unpaired) electrons. The van der Waals surface area contributed by atoms with Crippen molar-refractivity contribution in [1.29, 1.82) is 0 Å². The molecule has 8 nitrogen and oxygen atoms in total. The van der Waals surface area contributed by atoms with Crippen molar-refractivity contribution in [2.45, 2.75) is 77.6 Å². The second-order valence-electron chi connectivity index (χ2n) is 10.3. The van der Waals surface area contributed by atoms with Crippen LogP contribution in [-0.4, -0.2) is 57.7 Å². The smallest absolute Gasteiger partial charge is 0.344 e. The summed E-state index contributed by atoms with van der Waals surface area (Å²) in [7, 11) is 2.14. The van der Waals surface area contributed by atoms with Crippen LogP contribution in [0.15, 0.2) is 30.5 Å². The number of likely N-dealkylation sites (tertiary alicyclic amines) is 1. The summed E-state index contributed by atoms with van der Waals surface area (Å²) in [5.74, 6) is 0.0818. The summed E-state index contributed by atoms with van der Waals surface area (Å²) < 4.78 is 25.0. The van der Waals surface area contributed by atoms with Crippen LogP contribution in [0.3, 0.4) is 0 Å². The fourth-order valence-corrected chi connectivity index (χ4v) is 4.40. The lowest BCUT2D eigenvalue weighted by atomic mass is 9.77. The fourth-order valence-electron chi connectivity index (χ4n) is 4.40. The third-order valence-corrected chi connectivity index (χ3v) is 6.23. The fraction of sp³-hybridized carbons (Fsp3) is 0.560. The Kier molecular flexibility index (Phi) is 7.65. The Morgan fingerprint density at radius 2 is 1.79 bits per heavy atom. The van der Waals surface area contributed by atoms with E-state index in [2.05, 4.69) is 60.2 Å². The van der Waals surface area contributed by atoms with E-state index in [0.29, 0.717) is 11.4 Å². The molecular weight excluding hydrogens is 437 g/mol. The maximum Gasteiger partial charge on any atom is 0.344 e. The Morgan fingerprint density at radius 3 is 2.38 bits per heavy atom. The molecule has 1 saturated heterocycles.